The second kappa shape index (κ2) is 6.74. The Kier molecular flexibility index (Phi) is 5.22. The van der Waals surface area contributed by atoms with Crippen LogP contribution in [0.25, 0.3) is 0 Å². The van der Waals surface area contributed by atoms with Gasteiger partial charge in [0.15, 0.2) is 0 Å². The van der Waals surface area contributed by atoms with Gasteiger partial charge in [-0.1, -0.05) is 30.3 Å². The number of carbonyl (C=O) groups is 2. The molecule has 0 spiro atoms. The molecule has 0 amide bonds. The first kappa shape index (κ1) is 12.4. The molecule has 0 saturated carbocycles. The largest absolute Gasteiger partial charge is 0.460 e. The molecular weight excluding hydrogens is 206 g/mol. The normalized spacial score (nSPS) is 9.81. The molecule has 4 nitrogen and oxygen atoms in total. The Balaban J connectivity index is 2.28. The van der Waals surface area contributed by atoms with Crippen molar-refractivity contribution in [2.24, 2.45) is 5.73 Å². The molecule has 1 aromatic carbocycles. The number of carbonyl (C=O) groups excluding carboxylic acids is 2. The lowest BCUT2D eigenvalue weighted by molar-refractivity contribution is -0.147. The topological polar surface area (TPSA) is 69.4 Å². The standard InChI is InChI=1S/C12H15NO3/c13-7-6-11(14)8-12(15)16-9-10-4-2-1-3-5-10/h1-5H,6-9,13H2. The van der Waals surface area contributed by atoms with Crippen LogP contribution in [-0.2, 0) is 20.9 Å². The van der Waals surface area contributed by atoms with Crippen molar-refractivity contribution in [1.82, 2.24) is 0 Å². The van der Waals surface area contributed by atoms with E-state index in [2.05, 4.69) is 0 Å². The molecule has 0 aliphatic carbocycles. The molecule has 2 N–H and O–H groups in total. The molecule has 0 radical (unpaired) electrons. The highest BCUT2D eigenvalue weighted by Gasteiger charge is 2.09. The summed E-state index contributed by atoms with van der Waals surface area (Å²) in [5, 5.41) is 0. The summed E-state index contributed by atoms with van der Waals surface area (Å²) < 4.78 is 4.94. The van der Waals surface area contributed by atoms with E-state index in [9.17, 15) is 9.59 Å². The summed E-state index contributed by atoms with van der Waals surface area (Å²) in [6.07, 6.45) is 0.0322. The second-order valence-corrected chi connectivity index (χ2v) is 3.40. The highest BCUT2D eigenvalue weighted by atomic mass is 16.5. The Labute approximate surface area is 94.4 Å². The number of hydrogen-bond donors (Lipinski definition) is 1. The highest BCUT2D eigenvalue weighted by molar-refractivity contribution is 5.95. The van der Waals surface area contributed by atoms with E-state index in [-0.39, 0.29) is 31.8 Å². The second-order valence-electron chi connectivity index (χ2n) is 3.40. The minimum Gasteiger partial charge on any atom is -0.460 e. The van der Waals surface area contributed by atoms with Gasteiger partial charge in [-0.2, -0.15) is 0 Å². The van der Waals surface area contributed by atoms with Gasteiger partial charge in [0, 0.05) is 6.42 Å². The van der Waals surface area contributed by atoms with E-state index < -0.39 is 5.97 Å². The molecule has 0 bridgehead atoms. The molecular formula is C12H15NO3. The molecule has 0 aliphatic heterocycles. The van der Waals surface area contributed by atoms with E-state index in [0.717, 1.165) is 5.56 Å². The number of ether oxygens (including phenoxy) is 1. The van der Waals surface area contributed by atoms with Crippen LogP contribution in [0.15, 0.2) is 30.3 Å². The van der Waals surface area contributed by atoms with Gasteiger partial charge in [-0.15, -0.1) is 0 Å². The third kappa shape index (κ3) is 4.70. The van der Waals surface area contributed by atoms with Crippen LogP contribution in [0.3, 0.4) is 0 Å². The van der Waals surface area contributed by atoms with E-state index in [0.29, 0.717) is 0 Å². The van der Waals surface area contributed by atoms with Crippen LogP contribution in [-0.4, -0.2) is 18.3 Å². The van der Waals surface area contributed by atoms with Crippen molar-refractivity contribution in [1.29, 1.82) is 0 Å². The maximum atomic E-state index is 11.2. The molecule has 1 aromatic rings. The van der Waals surface area contributed by atoms with E-state index in [1.54, 1.807) is 0 Å². The van der Waals surface area contributed by atoms with Gasteiger partial charge < -0.3 is 10.5 Å². The van der Waals surface area contributed by atoms with E-state index in [1.165, 1.54) is 0 Å². The van der Waals surface area contributed by atoms with Gasteiger partial charge in [0.2, 0.25) is 0 Å². The highest BCUT2D eigenvalue weighted by Crippen LogP contribution is 2.02. The van der Waals surface area contributed by atoms with Crippen LogP contribution >= 0.6 is 0 Å². The zero-order chi connectivity index (χ0) is 11.8. The van der Waals surface area contributed by atoms with Crippen LogP contribution in [0.2, 0.25) is 0 Å². The maximum Gasteiger partial charge on any atom is 0.313 e. The first-order valence-corrected chi connectivity index (χ1v) is 5.13. The molecule has 0 atom stereocenters. The fraction of sp³-hybridized carbons (Fsp3) is 0.333. The van der Waals surface area contributed by atoms with Gasteiger partial charge in [-0.25, -0.2) is 0 Å². The molecule has 4 heteroatoms. The minimum absolute atomic E-state index is 0.180. The molecule has 0 unspecified atom stereocenters. The van der Waals surface area contributed by atoms with E-state index in [1.807, 2.05) is 30.3 Å². The summed E-state index contributed by atoms with van der Waals surface area (Å²) in [5.74, 6) is -0.678. The summed E-state index contributed by atoms with van der Waals surface area (Å²) >= 11 is 0. The molecule has 0 saturated heterocycles. The van der Waals surface area contributed by atoms with E-state index >= 15 is 0 Å². The quantitative estimate of drug-likeness (QED) is 0.575. The molecule has 86 valence electrons. The number of esters is 1. The SMILES string of the molecule is NCCC(=O)CC(=O)OCc1ccccc1. The van der Waals surface area contributed by atoms with Crippen molar-refractivity contribution in [2.75, 3.05) is 6.54 Å². The summed E-state index contributed by atoms with van der Waals surface area (Å²) in [5.41, 5.74) is 6.10. The summed E-state index contributed by atoms with van der Waals surface area (Å²) in [4.78, 5) is 22.3. The van der Waals surface area contributed by atoms with Gasteiger partial charge >= 0.3 is 5.97 Å². The Morgan fingerprint density at radius 3 is 2.50 bits per heavy atom. The van der Waals surface area contributed by atoms with Crippen LogP contribution in [0.5, 0.6) is 0 Å². The van der Waals surface area contributed by atoms with Crippen molar-refractivity contribution in [3.8, 4) is 0 Å². The minimum atomic E-state index is -0.498. The van der Waals surface area contributed by atoms with Crippen LogP contribution in [0.4, 0.5) is 0 Å². The first-order chi connectivity index (χ1) is 7.72. The number of hydrogen-bond acceptors (Lipinski definition) is 4. The Morgan fingerprint density at radius 2 is 1.88 bits per heavy atom. The lowest BCUT2D eigenvalue weighted by Gasteiger charge is -2.03. The summed E-state index contributed by atoms with van der Waals surface area (Å²) in [7, 11) is 0. The van der Waals surface area contributed by atoms with Gasteiger partial charge in [0.05, 0.1) is 0 Å². The third-order valence-electron chi connectivity index (χ3n) is 2.01. The Hall–Kier alpha value is -1.68. The fourth-order valence-corrected chi connectivity index (χ4v) is 1.20. The zero-order valence-corrected chi connectivity index (χ0v) is 9.02. The number of rotatable bonds is 6. The Bertz CT molecular complexity index is 349. The maximum absolute atomic E-state index is 11.2. The number of ketones is 1. The van der Waals surface area contributed by atoms with Crippen molar-refractivity contribution in [3.05, 3.63) is 35.9 Å². The molecule has 0 fully saturated rings. The number of nitrogens with two attached hydrogens (primary N) is 1. The average molecular weight is 221 g/mol. The predicted octanol–water partition coefficient (Wildman–Crippen LogP) is 1.04. The summed E-state index contributed by atoms with van der Waals surface area (Å²) in [6, 6.07) is 9.32. The summed E-state index contributed by atoms with van der Waals surface area (Å²) in [6.45, 7) is 0.473. The smallest absolute Gasteiger partial charge is 0.313 e. The van der Waals surface area contributed by atoms with Crippen molar-refractivity contribution < 1.29 is 14.3 Å². The molecule has 0 aromatic heterocycles. The molecule has 0 heterocycles. The number of Topliss-reactive ketones (excluding diaryl/α,β-unsaturated/α-hetero) is 1. The third-order valence-corrected chi connectivity index (χ3v) is 2.01. The Morgan fingerprint density at radius 1 is 1.19 bits per heavy atom. The lowest BCUT2D eigenvalue weighted by Crippen LogP contribution is -2.14. The van der Waals surface area contributed by atoms with Gasteiger partial charge in [0.25, 0.3) is 0 Å². The van der Waals surface area contributed by atoms with Gasteiger partial charge in [0.1, 0.15) is 18.8 Å². The molecule has 16 heavy (non-hydrogen) atoms. The monoisotopic (exact) mass is 221 g/mol. The predicted molar refractivity (Wildman–Crippen MR) is 59.5 cm³/mol. The van der Waals surface area contributed by atoms with Crippen molar-refractivity contribution >= 4 is 11.8 Å². The molecule has 1 rings (SSSR count). The lowest BCUT2D eigenvalue weighted by atomic mass is 10.2. The van der Waals surface area contributed by atoms with Crippen LogP contribution in [0, 0.1) is 0 Å². The zero-order valence-electron chi connectivity index (χ0n) is 9.02. The van der Waals surface area contributed by atoms with E-state index in [4.69, 9.17) is 10.5 Å². The van der Waals surface area contributed by atoms with Crippen molar-refractivity contribution in [2.45, 2.75) is 19.4 Å². The van der Waals surface area contributed by atoms with Crippen LogP contribution in [0.1, 0.15) is 18.4 Å². The van der Waals surface area contributed by atoms with Crippen LogP contribution < -0.4 is 5.73 Å². The average Bonchev–Trinajstić information content (AvgIpc) is 2.28. The van der Waals surface area contributed by atoms with Gasteiger partial charge in [-0.3, -0.25) is 9.59 Å². The van der Waals surface area contributed by atoms with Gasteiger partial charge in [-0.05, 0) is 12.1 Å². The van der Waals surface area contributed by atoms with Crippen molar-refractivity contribution in [3.63, 3.8) is 0 Å². The first-order valence-electron chi connectivity index (χ1n) is 5.13. The fourth-order valence-electron chi connectivity index (χ4n) is 1.20. The number of benzene rings is 1. The molecule has 0 aliphatic rings.